The van der Waals surface area contributed by atoms with Crippen LogP contribution in [0.2, 0.25) is 0 Å². The molecule has 3 N–H and O–H groups in total. The second kappa shape index (κ2) is 2.44. The van der Waals surface area contributed by atoms with Crippen LogP contribution in [0.4, 0.5) is 4.39 Å². The fourth-order valence-electron chi connectivity index (χ4n) is 0.0588. The number of ether oxygens (including phenoxy) is 1. The second-order valence-electron chi connectivity index (χ2n) is 0.618. The summed E-state index contributed by atoms with van der Waals surface area (Å²) in [5.41, 5.74) is 4.52. The lowest BCUT2D eigenvalue weighted by atomic mass is 11.2. The van der Waals surface area contributed by atoms with Crippen LogP contribution in [0, 0.1) is 5.41 Å². The number of amidine groups is 1. The van der Waals surface area contributed by atoms with Gasteiger partial charge in [-0.2, -0.15) is 0 Å². The number of alkyl halides is 1. The SMILES string of the molecule is N=C(N)OCF. The van der Waals surface area contributed by atoms with Crippen molar-refractivity contribution in [2.24, 2.45) is 5.73 Å². The first-order valence-electron chi connectivity index (χ1n) is 1.30. The van der Waals surface area contributed by atoms with Crippen LogP contribution >= 0.6 is 0 Å². The molecule has 0 spiro atoms. The van der Waals surface area contributed by atoms with Crippen molar-refractivity contribution in [3.05, 3.63) is 0 Å². The van der Waals surface area contributed by atoms with Gasteiger partial charge in [-0.3, -0.25) is 5.41 Å². The molecule has 0 heterocycles. The van der Waals surface area contributed by atoms with Gasteiger partial charge in [-0.1, -0.05) is 0 Å². The molecule has 4 heteroatoms. The molecule has 0 aromatic heterocycles. The Labute approximate surface area is 34.4 Å². The molecule has 0 atom stereocenters. The number of rotatable bonds is 1. The van der Waals surface area contributed by atoms with Crippen LogP contribution in [0.15, 0.2) is 0 Å². The van der Waals surface area contributed by atoms with Gasteiger partial charge in [0.05, 0.1) is 0 Å². The normalized spacial score (nSPS) is 7.50. The van der Waals surface area contributed by atoms with Crippen LogP contribution in [0.1, 0.15) is 0 Å². The van der Waals surface area contributed by atoms with Crippen molar-refractivity contribution in [1.29, 1.82) is 5.41 Å². The van der Waals surface area contributed by atoms with Gasteiger partial charge >= 0.3 is 0 Å². The number of nitrogens with one attached hydrogen (secondary N) is 1. The van der Waals surface area contributed by atoms with Crippen LogP contribution in [0.5, 0.6) is 0 Å². The molecule has 0 aliphatic rings. The van der Waals surface area contributed by atoms with E-state index in [0.29, 0.717) is 0 Å². The van der Waals surface area contributed by atoms with E-state index in [1.807, 2.05) is 0 Å². The Morgan fingerprint density at radius 2 is 2.50 bits per heavy atom. The Hall–Kier alpha value is -0.800. The molecule has 0 aliphatic heterocycles. The summed E-state index contributed by atoms with van der Waals surface area (Å²) in [4.78, 5) is 0. The molecule has 0 aromatic carbocycles. The largest absolute Gasteiger partial charge is 0.434 e. The van der Waals surface area contributed by atoms with Crippen molar-refractivity contribution in [1.82, 2.24) is 0 Å². The Balaban J connectivity index is 2.83. The Kier molecular flexibility index (Phi) is 2.11. The minimum Gasteiger partial charge on any atom is -0.434 e. The van der Waals surface area contributed by atoms with Crippen LogP contribution in [-0.2, 0) is 4.74 Å². The maximum absolute atomic E-state index is 10.8. The lowest BCUT2D eigenvalue weighted by molar-refractivity contribution is 0.175. The van der Waals surface area contributed by atoms with Crippen molar-refractivity contribution < 1.29 is 9.13 Å². The highest BCUT2D eigenvalue weighted by atomic mass is 19.1. The molecule has 0 aliphatic carbocycles. The highest BCUT2D eigenvalue weighted by Crippen LogP contribution is 1.67. The standard InChI is InChI=1S/C2H5FN2O/c3-1-6-2(4)5/h1H2,(H3,4,5). The third-order valence-electron chi connectivity index (χ3n) is 0.210. The van der Waals surface area contributed by atoms with Gasteiger partial charge in [-0.15, -0.1) is 0 Å². The van der Waals surface area contributed by atoms with Crippen molar-refractivity contribution in [3.63, 3.8) is 0 Å². The van der Waals surface area contributed by atoms with E-state index in [4.69, 9.17) is 5.41 Å². The molecular formula is C2H5FN2O. The molecule has 3 nitrogen and oxygen atoms in total. The zero-order chi connectivity index (χ0) is 4.99. The van der Waals surface area contributed by atoms with Crippen LogP contribution < -0.4 is 5.73 Å². The van der Waals surface area contributed by atoms with Gasteiger partial charge in [0.2, 0.25) is 6.86 Å². The van der Waals surface area contributed by atoms with Gasteiger partial charge in [-0.05, 0) is 0 Å². The fourth-order valence-corrected chi connectivity index (χ4v) is 0.0588. The number of hydrogen-bond donors (Lipinski definition) is 2. The maximum atomic E-state index is 10.8. The lowest BCUT2D eigenvalue weighted by Gasteiger charge is -1.90. The molecular weight excluding hydrogens is 87.0 g/mol. The van der Waals surface area contributed by atoms with Crippen LogP contribution in [0.25, 0.3) is 0 Å². The summed E-state index contributed by atoms with van der Waals surface area (Å²) >= 11 is 0. The summed E-state index contributed by atoms with van der Waals surface area (Å²) < 4.78 is 14.5. The van der Waals surface area contributed by atoms with Crippen molar-refractivity contribution in [3.8, 4) is 0 Å². The first kappa shape index (κ1) is 5.20. The number of nitrogens with two attached hydrogens (primary N) is 1. The Morgan fingerprint density at radius 1 is 2.00 bits per heavy atom. The van der Waals surface area contributed by atoms with Gasteiger partial charge in [0.25, 0.3) is 6.02 Å². The summed E-state index contributed by atoms with van der Waals surface area (Å²) in [5, 5.41) is 6.21. The quantitative estimate of drug-likeness (QED) is 0.348. The molecule has 6 heavy (non-hydrogen) atoms. The average molecular weight is 92.1 g/mol. The zero-order valence-corrected chi connectivity index (χ0v) is 3.07. The van der Waals surface area contributed by atoms with Crippen molar-refractivity contribution in [2.45, 2.75) is 0 Å². The molecule has 0 saturated heterocycles. The van der Waals surface area contributed by atoms with Gasteiger partial charge in [-0.25, -0.2) is 4.39 Å². The van der Waals surface area contributed by atoms with Crippen LogP contribution in [0.3, 0.4) is 0 Å². The van der Waals surface area contributed by atoms with Gasteiger partial charge in [0.1, 0.15) is 0 Å². The van der Waals surface area contributed by atoms with E-state index in [0.717, 1.165) is 0 Å². The summed E-state index contributed by atoms with van der Waals surface area (Å²) in [6.07, 6.45) is 0. The summed E-state index contributed by atoms with van der Waals surface area (Å²) in [6, 6.07) is -0.586. The van der Waals surface area contributed by atoms with E-state index in [1.165, 1.54) is 0 Å². The highest BCUT2D eigenvalue weighted by Gasteiger charge is 1.79. The first-order chi connectivity index (χ1) is 2.77. The lowest BCUT2D eigenvalue weighted by Crippen LogP contribution is -2.12. The minimum atomic E-state index is -1.02. The molecule has 0 amide bonds. The van der Waals surface area contributed by atoms with Crippen molar-refractivity contribution in [2.75, 3.05) is 6.86 Å². The first-order valence-corrected chi connectivity index (χ1v) is 1.30. The summed E-state index contributed by atoms with van der Waals surface area (Å²) in [5.74, 6) is 0. The Morgan fingerprint density at radius 3 is 2.50 bits per heavy atom. The van der Waals surface area contributed by atoms with Crippen LogP contribution in [-0.4, -0.2) is 12.9 Å². The molecule has 0 bridgehead atoms. The third kappa shape index (κ3) is 3.20. The number of halogens is 1. The smallest absolute Gasteiger partial charge is 0.281 e. The van der Waals surface area contributed by atoms with E-state index in [-0.39, 0.29) is 0 Å². The van der Waals surface area contributed by atoms with Gasteiger partial charge in [0.15, 0.2) is 0 Å². The molecule has 0 aromatic rings. The fraction of sp³-hybridized carbons (Fsp3) is 0.500. The molecule has 0 unspecified atom stereocenters. The van der Waals surface area contributed by atoms with Crippen molar-refractivity contribution >= 4 is 6.02 Å². The molecule has 0 fully saturated rings. The number of hydrogen-bond acceptors (Lipinski definition) is 2. The summed E-state index contributed by atoms with van der Waals surface area (Å²) in [6.45, 7) is -1.02. The molecule has 0 rings (SSSR count). The second-order valence-corrected chi connectivity index (χ2v) is 0.618. The van der Waals surface area contributed by atoms with E-state index in [9.17, 15) is 4.39 Å². The average Bonchev–Trinajstić information content (AvgIpc) is 1.35. The van der Waals surface area contributed by atoms with E-state index in [1.54, 1.807) is 0 Å². The highest BCUT2D eigenvalue weighted by molar-refractivity contribution is 5.67. The Bertz CT molecular complexity index is 55.5. The van der Waals surface area contributed by atoms with Gasteiger partial charge in [0, 0.05) is 0 Å². The maximum Gasteiger partial charge on any atom is 0.281 e. The van der Waals surface area contributed by atoms with E-state index < -0.39 is 12.9 Å². The van der Waals surface area contributed by atoms with Gasteiger partial charge < -0.3 is 10.5 Å². The molecule has 0 radical (unpaired) electrons. The predicted molar refractivity (Wildman–Crippen MR) is 19.0 cm³/mol. The topological polar surface area (TPSA) is 59.1 Å². The minimum absolute atomic E-state index is 0.586. The molecule has 36 valence electrons. The monoisotopic (exact) mass is 92.0 g/mol. The molecule has 0 saturated carbocycles. The van der Waals surface area contributed by atoms with E-state index in [2.05, 4.69) is 10.5 Å². The summed E-state index contributed by atoms with van der Waals surface area (Å²) in [7, 11) is 0. The third-order valence-corrected chi connectivity index (χ3v) is 0.210. The predicted octanol–water partition coefficient (Wildman–Crippen LogP) is -0.177. The zero-order valence-electron chi connectivity index (χ0n) is 3.07. The van der Waals surface area contributed by atoms with E-state index >= 15 is 0 Å².